The van der Waals surface area contributed by atoms with Gasteiger partial charge >= 0.3 is 0 Å². The van der Waals surface area contributed by atoms with Crippen LogP contribution in [-0.4, -0.2) is 10.2 Å². The molecule has 0 aliphatic heterocycles. The molecule has 3 N–H and O–H groups in total. The maximum atomic E-state index is 6.09. The molecule has 2 aromatic rings. The number of rotatable bonds is 1. The molecule has 0 radical (unpaired) electrons. The van der Waals surface area contributed by atoms with Crippen molar-refractivity contribution in [3.63, 3.8) is 0 Å². The second-order valence-corrected chi connectivity index (χ2v) is 4.30. The molecule has 3 nitrogen and oxygen atoms in total. The van der Waals surface area contributed by atoms with E-state index in [0.29, 0.717) is 5.15 Å². The number of nitrogens with one attached hydrogen (secondary N) is 1. The lowest BCUT2D eigenvalue weighted by atomic mass is 10.0. The maximum Gasteiger partial charge on any atom is 0.132 e. The molecule has 0 atom stereocenters. The molecule has 14 heavy (non-hydrogen) atoms. The van der Waals surface area contributed by atoms with Gasteiger partial charge in [0.1, 0.15) is 5.15 Å². The van der Waals surface area contributed by atoms with Crippen LogP contribution in [0.3, 0.4) is 0 Å². The summed E-state index contributed by atoms with van der Waals surface area (Å²) in [6, 6.07) is 6.03. The highest BCUT2D eigenvalue weighted by atomic mass is 35.5. The number of halogens is 1. The number of benzene rings is 1. The number of aromatic amines is 1. The molecule has 0 saturated heterocycles. The Kier molecular flexibility index (Phi) is 1.47. The van der Waals surface area contributed by atoms with Crippen LogP contribution in [-0.2, 0) is 5.54 Å². The van der Waals surface area contributed by atoms with Crippen molar-refractivity contribution in [1.82, 2.24) is 10.2 Å². The number of nitrogens with zero attached hydrogens (tertiary/aromatic N) is 1. The van der Waals surface area contributed by atoms with E-state index >= 15 is 0 Å². The van der Waals surface area contributed by atoms with E-state index in [1.54, 1.807) is 0 Å². The molecule has 1 aliphatic rings. The number of aromatic nitrogens is 2. The van der Waals surface area contributed by atoms with Crippen molar-refractivity contribution < 1.29 is 0 Å². The van der Waals surface area contributed by atoms with Crippen LogP contribution in [0.2, 0.25) is 5.15 Å². The van der Waals surface area contributed by atoms with Crippen molar-refractivity contribution in [3.8, 4) is 0 Å². The fourth-order valence-electron chi connectivity index (χ4n) is 1.71. The van der Waals surface area contributed by atoms with E-state index in [1.165, 1.54) is 0 Å². The average molecular weight is 208 g/mol. The number of fused-ring (bicyclic) bond motifs is 1. The Hall–Kier alpha value is -1.06. The lowest BCUT2D eigenvalue weighted by Gasteiger charge is -2.07. The highest BCUT2D eigenvalue weighted by molar-refractivity contribution is 6.34. The third-order valence-electron chi connectivity index (χ3n) is 2.87. The first-order chi connectivity index (χ1) is 6.69. The number of hydrogen-bond donors (Lipinski definition) is 2. The molecule has 1 heterocycles. The molecule has 3 rings (SSSR count). The van der Waals surface area contributed by atoms with E-state index < -0.39 is 0 Å². The van der Waals surface area contributed by atoms with E-state index in [4.69, 9.17) is 17.3 Å². The average Bonchev–Trinajstić information content (AvgIpc) is 2.84. The van der Waals surface area contributed by atoms with Crippen LogP contribution in [0.25, 0.3) is 10.9 Å². The Bertz CT molecular complexity index is 499. The molecule has 1 fully saturated rings. The lowest BCUT2D eigenvalue weighted by molar-refractivity contribution is 0.741. The standard InChI is InChI=1S/C10H10ClN3/c11-9-7-2-1-6(10(12)3-4-10)5-8(7)13-14-9/h1-2,5H,3-4,12H2,(H,13,14). The minimum Gasteiger partial charge on any atom is -0.321 e. The van der Waals surface area contributed by atoms with Gasteiger partial charge in [-0.3, -0.25) is 5.10 Å². The van der Waals surface area contributed by atoms with Gasteiger partial charge in [-0.15, -0.1) is 0 Å². The van der Waals surface area contributed by atoms with Crippen molar-refractivity contribution in [3.05, 3.63) is 28.9 Å². The van der Waals surface area contributed by atoms with Gasteiger partial charge in [-0.2, -0.15) is 5.10 Å². The molecular formula is C10H10ClN3. The van der Waals surface area contributed by atoms with Crippen LogP contribution < -0.4 is 5.73 Å². The first kappa shape index (κ1) is 8.26. The van der Waals surface area contributed by atoms with Gasteiger partial charge in [0.2, 0.25) is 0 Å². The Morgan fingerprint density at radius 3 is 2.93 bits per heavy atom. The molecule has 0 bridgehead atoms. The Morgan fingerprint density at radius 1 is 1.43 bits per heavy atom. The minimum absolute atomic E-state index is 0.0976. The molecule has 0 unspecified atom stereocenters. The van der Waals surface area contributed by atoms with Gasteiger partial charge in [0.25, 0.3) is 0 Å². The number of H-pyrrole nitrogens is 1. The van der Waals surface area contributed by atoms with Gasteiger partial charge in [0, 0.05) is 10.9 Å². The molecule has 1 aromatic carbocycles. The third kappa shape index (κ3) is 1.06. The molecule has 4 heteroatoms. The molecule has 1 aromatic heterocycles. The van der Waals surface area contributed by atoms with Crippen molar-refractivity contribution >= 4 is 22.5 Å². The summed E-state index contributed by atoms with van der Waals surface area (Å²) in [6.45, 7) is 0. The van der Waals surface area contributed by atoms with Crippen molar-refractivity contribution in [2.24, 2.45) is 5.73 Å². The Labute approximate surface area is 86.2 Å². The van der Waals surface area contributed by atoms with Crippen LogP contribution >= 0.6 is 11.6 Å². The SMILES string of the molecule is NC1(c2ccc3c(Cl)[nH]nc3c2)CC1. The highest BCUT2D eigenvalue weighted by Gasteiger charge is 2.40. The smallest absolute Gasteiger partial charge is 0.132 e. The quantitative estimate of drug-likeness (QED) is 0.753. The van der Waals surface area contributed by atoms with Crippen LogP contribution in [0.4, 0.5) is 0 Å². The van der Waals surface area contributed by atoms with Gasteiger partial charge in [-0.05, 0) is 30.5 Å². The fourth-order valence-corrected chi connectivity index (χ4v) is 1.91. The zero-order valence-electron chi connectivity index (χ0n) is 7.55. The molecule has 0 spiro atoms. The summed E-state index contributed by atoms with van der Waals surface area (Å²) in [7, 11) is 0. The monoisotopic (exact) mass is 207 g/mol. The Morgan fingerprint density at radius 2 is 2.21 bits per heavy atom. The zero-order chi connectivity index (χ0) is 9.76. The van der Waals surface area contributed by atoms with Crippen LogP contribution in [0, 0.1) is 0 Å². The third-order valence-corrected chi connectivity index (χ3v) is 3.16. The summed E-state index contributed by atoms with van der Waals surface area (Å²) >= 11 is 5.91. The minimum atomic E-state index is -0.0976. The van der Waals surface area contributed by atoms with Gasteiger partial charge in [0.15, 0.2) is 0 Å². The zero-order valence-corrected chi connectivity index (χ0v) is 8.30. The number of hydrogen-bond acceptors (Lipinski definition) is 2. The molecule has 0 amide bonds. The fraction of sp³-hybridized carbons (Fsp3) is 0.300. The predicted molar refractivity (Wildman–Crippen MR) is 56.2 cm³/mol. The molecule has 72 valence electrons. The maximum absolute atomic E-state index is 6.09. The summed E-state index contributed by atoms with van der Waals surface area (Å²) in [5.74, 6) is 0. The highest BCUT2D eigenvalue weighted by Crippen LogP contribution is 2.43. The van der Waals surface area contributed by atoms with E-state index in [1.807, 2.05) is 18.2 Å². The van der Waals surface area contributed by atoms with E-state index in [2.05, 4.69) is 10.2 Å². The van der Waals surface area contributed by atoms with E-state index in [9.17, 15) is 0 Å². The summed E-state index contributed by atoms with van der Waals surface area (Å²) < 4.78 is 0. The predicted octanol–water partition coefficient (Wildman–Crippen LogP) is 2.16. The first-order valence-electron chi connectivity index (χ1n) is 4.62. The van der Waals surface area contributed by atoms with E-state index in [0.717, 1.165) is 29.3 Å². The second kappa shape index (κ2) is 2.49. The van der Waals surface area contributed by atoms with Crippen LogP contribution in [0.5, 0.6) is 0 Å². The lowest BCUT2D eigenvalue weighted by Crippen LogP contribution is -2.18. The molecule has 1 aliphatic carbocycles. The van der Waals surface area contributed by atoms with Crippen LogP contribution in [0.1, 0.15) is 18.4 Å². The van der Waals surface area contributed by atoms with Gasteiger partial charge < -0.3 is 5.73 Å². The summed E-state index contributed by atoms with van der Waals surface area (Å²) in [6.07, 6.45) is 2.13. The largest absolute Gasteiger partial charge is 0.321 e. The summed E-state index contributed by atoms with van der Waals surface area (Å²) in [5.41, 5.74) is 8.05. The number of nitrogens with two attached hydrogens (primary N) is 1. The summed E-state index contributed by atoms with van der Waals surface area (Å²) in [4.78, 5) is 0. The van der Waals surface area contributed by atoms with Crippen molar-refractivity contribution in [2.45, 2.75) is 18.4 Å². The molecule has 1 saturated carbocycles. The van der Waals surface area contributed by atoms with Crippen molar-refractivity contribution in [1.29, 1.82) is 0 Å². The van der Waals surface area contributed by atoms with Crippen LogP contribution in [0.15, 0.2) is 18.2 Å². The van der Waals surface area contributed by atoms with Crippen molar-refractivity contribution in [2.75, 3.05) is 0 Å². The van der Waals surface area contributed by atoms with Gasteiger partial charge in [-0.25, -0.2) is 0 Å². The topological polar surface area (TPSA) is 54.7 Å². The van der Waals surface area contributed by atoms with Gasteiger partial charge in [0.05, 0.1) is 5.52 Å². The summed E-state index contributed by atoms with van der Waals surface area (Å²) in [5, 5.41) is 8.41. The Balaban J connectivity index is 2.21. The first-order valence-corrected chi connectivity index (χ1v) is 5.00. The molecular weight excluding hydrogens is 198 g/mol. The van der Waals surface area contributed by atoms with E-state index in [-0.39, 0.29) is 5.54 Å². The van der Waals surface area contributed by atoms with Gasteiger partial charge in [-0.1, -0.05) is 17.7 Å². The normalized spacial score (nSPS) is 18.7. The second-order valence-electron chi connectivity index (χ2n) is 3.93.